The molecule has 0 fully saturated rings. The Bertz CT molecular complexity index is 576. The second-order valence-electron chi connectivity index (χ2n) is 5.15. The molecule has 0 saturated heterocycles. The Hall–Kier alpha value is -0.980. The molecule has 0 radical (unpaired) electrons. The highest BCUT2D eigenvalue weighted by molar-refractivity contribution is 7.89. The van der Waals surface area contributed by atoms with Crippen LogP contribution in [-0.2, 0) is 16.4 Å². The van der Waals surface area contributed by atoms with E-state index >= 15 is 0 Å². The molecular formula is C15H24N2O2S2. The van der Waals surface area contributed by atoms with Crippen LogP contribution < -0.4 is 10.5 Å². The van der Waals surface area contributed by atoms with Crippen molar-refractivity contribution < 1.29 is 8.42 Å². The van der Waals surface area contributed by atoms with Crippen LogP contribution in [0.25, 0.3) is 0 Å². The quantitative estimate of drug-likeness (QED) is 0.720. The maximum absolute atomic E-state index is 12.5. The van der Waals surface area contributed by atoms with Gasteiger partial charge in [-0.1, -0.05) is 51.5 Å². The van der Waals surface area contributed by atoms with Gasteiger partial charge < -0.3 is 5.73 Å². The lowest BCUT2D eigenvalue weighted by Crippen LogP contribution is -2.55. The van der Waals surface area contributed by atoms with Gasteiger partial charge in [0.15, 0.2) is 0 Å². The van der Waals surface area contributed by atoms with Crippen LogP contribution in [0.1, 0.15) is 45.6 Å². The van der Waals surface area contributed by atoms with E-state index in [0.29, 0.717) is 12.8 Å². The Morgan fingerprint density at radius 1 is 1.19 bits per heavy atom. The monoisotopic (exact) mass is 328 g/mol. The third kappa shape index (κ3) is 4.25. The molecule has 0 aliphatic heterocycles. The summed E-state index contributed by atoms with van der Waals surface area (Å²) in [4.78, 5) is 0.420. The predicted molar refractivity (Wildman–Crippen MR) is 90.9 cm³/mol. The zero-order valence-corrected chi connectivity index (χ0v) is 14.5. The summed E-state index contributed by atoms with van der Waals surface area (Å²) in [6.45, 7) is 5.83. The lowest BCUT2D eigenvalue weighted by Gasteiger charge is -2.31. The number of thiocarbonyl (C=S) groups is 1. The number of nitrogens with one attached hydrogen (secondary N) is 1. The van der Waals surface area contributed by atoms with E-state index in [-0.39, 0.29) is 9.88 Å². The van der Waals surface area contributed by atoms with Crippen molar-refractivity contribution >= 4 is 27.2 Å². The fourth-order valence-electron chi connectivity index (χ4n) is 2.23. The highest BCUT2D eigenvalue weighted by Gasteiger charge is 2.34. The summed E-state index contributed by atoms with van der Waals surface area (Å²) in [7, 11) is -3.64. The Morgan fingerprint density at radius 3 is 2.10 bits per heavy atom. The largest absolute Gasteiger partial charge is 0.392 e. The van der Waals surface area contributed by atoms with Gasteiger partial charge in [0.05, 0.1) is 15.4 Å². The number of hydrogen-bond acceptors (Lipinski definition) is 3. The zero-order chi connectivity index (χ0) is 16.1. The molecule has 0 aromatic heterocycles. The standard InChI is InChI=1S/C15H24N2O2S2/c1-4-7-12-8-10-13(11-9-12)21(18,19)17-15(5-2,6-3)14(16)20/h8-11,17H,4-7H2,1-3H3,(H2,16,20). The minimum atomic E-state index is -3.64. The Labute approximate surface area is 133 Å². The molecule has 1 aromatic carbocycles. The van der Waals surface area contributed by atoms with Crippen LogP contribution >= 0.6 is 12.2 Å². The summed E-state index contributed by atoms with van der Waals surface area (Å²) < 4.78 is 27.7. The van der Waals surface area contributed by atoms with Crippen molar-refractivity contribution in [3.8, 4) is 0 Å². The Morgan fingerprint density at radius 2 is 1.71 bits per heavy atom. The average molecular weight is 329 g/mol. The third-order valence-corrected chi connectivity index (χ3v) is 5.72. The van der Waals surface area contributed by atoms with E-state index in [9.17, 15) is 8.42 Å². The molecule has 118 valence electrons. The van der Waals surface area contributed by atoms with Gasteiger partial charge in [-0.2, -0.15) is 4.72 Å². The maximum Gasteiger partial charge on any atom is 0.241 e. The molecule has 0 amide bonds. The smallest absolute Gasteiger partial charge is 0.241 e. The molecule has 0 unspecified atom stereocenters. The van der Waals surface area contributed by atoms with E-state index < -0.39 is 15.6 Å². The Kier molecular flexibility index (Phi) is 6.31. The molecule has 21 heavy (non-hydrogen) atoms. The van der Waals surface area contributed by atoms with Gasteiger partial charge in [0.25, 0.3) is 0 Å². The van der Waals surface area contributed by atoms with Crippen LogP contribution in [0.4, 0.5) is 0 Å². The van der Waals surface area contributed by atoms with Crippen molar-refractivity contribution in [1.29, 1.82) is 0 Å². The fraction of sp³-hybridized carbons (Fsp3) is 0.533. The van der Waals surface area contributed by atoms with Gasteiger partial charge in [0, 0.05) is 0 Å². The van der Waals surface area contributed by atoms with Crippen LogP contribution in [0.3, 0.4) is 0 Å². The van der Waals surface area contributed by atoms with E-state index in [1.807, 2.05) is 26.0 Å². The number of aryl methyl sites for hydroxylation is 1. The van der Waals surface area contributed by atoms with Crippen molar-refractivity contribution in [2.24, 2.45) is 5.73 Å². The molecule has 0 aliphatic carbocycles. The average Bonchev–Trinajstić information content (AvgIpc) is 2.45. The zero-order valence-electron chi connectivity index (χ0n) is 12.8. The molecule has 4 nitrogen and oxygen atoms in total. The first-order chi connectivity index (χ1) is 9.81. The third-order valence-electron chi connectivity index (χ3n) is 3.78. The van der Waals surface area contributed by atoms with Crippen molar-refractivity contribution in [3.05, 3.63) is 29.8 Å². The molecule has 3 N–H and O–H groups in total. The van der Waals surface area contributed by atoms with Crippen molar-refractivity contribution in [1.82, 2.24) is 4.72 Å². The van der Waals surface area contributed by atoms with Gasteiger partial charge in [0.2, 0.25) is 10.0 Å². The Balaban J connectivity index is 3.07. The fourth-order valence-corrected chi connectivity index (χ4v) is 4.16. The molecule has 0 heterocycles. The van der Waals surface area contributed by atoms with Crippen molar-refractivity contribution in [2.45, 2.75) is 56.9 Å². The first-order valence-electron chi connectivity index (χ1n) is 7.24. The van der Waals surface area contributed by atoms with Crippen LogP contribution in [0.2, 0.25) is 0 Å². The van der Waals surface area contributed by atoms with Crippen LogP contribution in [0, 0.1) is 0 Å². The molecule has 1 aromatic rings. The summed E-state index contributed by atoms with van der Waals surface area (Å²) in [5, 5.41) is 0. The van der Waals surface area contributed by atoms with Crippen LogP contribution in [0.15, 0.2) is 29.2 Å². The van der Waals surface area contributed by atoms with Crippen molar-refractivity contribution in [2.75, 3.05) is 0 Å². The number of sulfonamides is 1. The van der Waals surface area contributed by atoms with Gasteiger partial charge in [-0.3, -0.25) is 0 Å². The van der Waals surface area contributed by atoms with Crippen LogP contribution in [-0.4, -0.2) is 18.9 Å². The summed E-state index contributed by atoms with van der Waals surface area (Å²) in [6, 6.07) is 6.95. The van der Waals surface area contributed by atoms with Crippen molar-refractivity contribution in [3.63, 3.8) is 0 Å². The molecule has 1 rings (SSSR count). The van der Waals surface area contributed by atoms with Crippen LogP contribution in [0.5, 0.6) is 0 Å². The number of hydrogen-bond donors (Lipinski definition) is 2. The highest BCUT2D eigenvalue weighted by Crippen LogP contribution is 2.21. The molecule has 6 heteroatoms. The lowest BCUT2D eigenvalue weighted by molar-refractivity contribution is 0.465. The highest BCUT2D eigenvalue weighted by atomic mass is 32.2. The van der Waals surface area contributed by atoms with Gasteiger partial charge in [-0.05, 0) is 37.0 Å². The second kappa shape index (κ2) is 7.33. The topological polar surface area (TPSA) is 72.2 Å². The first-order valence-corrected chi connectivity index (χ1v) is 9.13. The van der Waals surface area contributed by atoms with E-state index in [2.05, 4.69) is 11.6 Å². The lowest BCUT2D eigenvalue weighted by atomic mass is 9.94. The van der Waals surface area contributed by atoms with Gasteiger partial charge in [-0.15, -0.1) is 0 Å². The predicted octanol–water partition coefficient (Wildman–Crippen LogP) is 2.76. The van der Waals surface area contributed by atoms with E-state index in [1.165, 1.54) is 0 Å². The first kappa shape index (κ1) is 18.1. The summed E-state index contributed by atoms with van der Waals surface area (Å²) in [5.74, 6) is 0. The minimum Gasteiger partial charge on any atom is -0.392 e. The summed E-state index contributed by atoms with van der Waals surface area (Å²) >= 11 is 5.05. The van der Waals surface area contributed by atoms with E-state index in [4.69, 9.17) is 18.0 Å². The number of benzene rings is 1. The van der Waals surface area contributed by atoms with E-state index in [1.54, 1.807) is 12.1 Å². The summed E-state index contributed by atoms with van der Waals surface area (Å²) in [6.07, 6.45) is 3.01. The van der Waals surface area contributed by atoms with E-state index in [0.717, 1.165) is 18.4 Å². The van der Waals surface area contributed by atoms with Gasteiger partial charge >= 0.3 is 0 Å². The summed E-state index contributed by atoms with van der Waals surface area (Å²) in [5.41, 5.74) is 6.01. The number of nitrogens with two attached hydrogens (primary N) is 1. The molecular weight excluding hydrogens is 304 g/mol. The van der Waals surface area contributed by atoms with Gasteiger partial charge in [-0.25, -0.2) is 8.42 Å². The molecule has 0 aliphatic rings. The SMILES string of the molecule is CCCc1ccc(S(=O)(=O)NC(CC)(CC)C(N)=S)cc1. The second-order valence-corrected chi connectivity index (χ2v) is 7.28. The minimum absolute atomic E-state index is 0.179. The molecule has 0 spiro atoms. The number of rotatable bonds is 8. The maximum atomic E-state index is 12.5. The molecule has 0 bridgehead atoms. The molecule has 0 atom stereocenters. The van der Waals surface area contributed by atoms with Gasteiger partial charge in [0.1, 0.15) is 0 Å². The normalized spacial score (nSPS) is 12.3. The molecule has 0 saturated carbocycles.